The molecule has 0 atom stereocenters. The van der Waals surface area contributed by atoms with Crippen LogP contribution in [0, 0.1) is 6.92 Å². The normalized spacial score (nSPS) is 12.0. The number of fused-ring (bicyclic) bond motifs is 3. The van der Waals surface area contributed by atoms with E-state index >= 15 is 0 Å². The highest BCUT2D eigenvalue weighted by Crippen LogP contribution is 2.30. The number of para-hydroxylation sites is 1. The highest BCUT2D eigenvalue weighted by atomic mass is 32.2. The minimum absolute atomic E-state index is 0.164. The highest BCUT2D eigenvalue weighted by molar-refractivity contribution is 7.91. The molecule has 0 aliphatic carbocycles. The van der Waals surface area contributed by atoms with E-state index in [1.807, 2.05) is 67.6 Å². The summed E-state index contributed by atoms with van der Waals surface area (Å²) in [5, 5.41) is 12.1. The third-order valence-electron chi connectivity index (χ3n) is 5.65. The van der Waals surface area contributed by atoms with Crippen molar-refractivity contribution in [3.8, 4) is 0 Å². The Morgan fingerprint density at radius 1 is 0.909 bits per heavy atom. The van der Waals surface area contributed by atoms with Crippen molar-refractivity contribution in [1.82, 2.24) is 19.8 Å². The fourth-order valence-electron chi connectivity index (χ4n) is 3.73. The van der Waals surface area contributed by atoms with Gasteiger partial charge in [0.1, 0.15) is 5.82 Å². The molecular formula is C25H23N5O2S. The molecule has 166 valence electrons. The summed E-state index contributed by atoms with van der Waals surface area (Å²) in [6.45, 7) is 6.15. The molecule has 0 aliphatic heterocycles. The number of hydrogen-bond donors (Lipinski definition) is 1. The molecule has 2 heterocycles. The van der Waals surface area contributed by atoms with Gasteiger partial charge in [-0.3, -0.25) is 0 Å². The van der Waals surface area contributed by atoms with Gasteiger partial charge < -0.3 is 5.32 Å². The summed E-state index contributed by atoms with van der Waals surface area (Å²) in [4.78, 5) is 4.83. The summed E-state index contributed by atoms with van der Waals surface area (Å²) in [5.74, 6) is 0.844. The maximum Gasteiger partial charge on any atom is 0.229 e. The predicted molar refractivity (Wildman–Crippen MR) is 129 cm³/mol. The number of sulfone groups is 1. The van der Waals surface area contributed by atoms with E-state index in [2.05, 4.69) is 34.5 Å². The maximum atomic E-state index is 13.5. The van der Waals surface area contributed by atoms with Crippen LogP contribution in [0.1, 0.15) is 30.9 Å². The Labute approximate surface area is 192 Å². The first-order chi connectivity index (χ1) is 15.8. The van der Waals surface area contributed by atoms with E-state index in [4.69, 9.17) is 0 Å². The maximum absolute atomic E-state index is 13.5. The van der Waals surface area contributed by atoms with Crippen molar-refractivity contribution in [2.75, 3.05) is 5.32 Å². The van der Waals surface area contributed by atoms with Crippen molar-refractivity contribution in [3.63, 3.8) is 0 Å². The van der Waals surface area contributed by atoms with Gasteiger partial charge in [0.2, 0.25) is 14.9 Å². The van der Waals surface area contributed by atoms with Crippen LogP contribution in [0.2, 0.25) is 0 Å². The molecule has 0 radical (unpaired) electrons. The Bertz CT molecular complexity index is 1570. The molecule has 0 aliphatic rings. The van der Waals surface area contributed by atoms with E-state index in [0.717, 1.165) is 22.2 Å². The molecule has 3 aromatic carbocycles. The van der Waals surface area contributed by atoms with E-state index in [-0.39, 0.29) is 15.6 Å². The molecule has 7 nitrogen and oxygen atoms in total. The Balaban J connectivity index is 1.68. The second-order valence-corrected chi connectivity index (χ2v) is 10.2. The molecule has 33 heavy (non-hydrogen) atoms. The topological polar surface area (TPSA) is 89.2 Å². The molecule has 5 aromatic rings. The summed E-state index contributed by atoms with van der Waals surface area (Å²) >= 11 is 0. The SMILES string of the molecule is Cc1ccc(Nc2nc3c(S(=O)(=O)c4ccc(C(C)C)cc4)nnn3c3ccccc23)cc1. The van der Waals surface area contributed by atoms with Gasteiger partial charge in [0.15, 0.2) is 5.65 Å². The quantitative estimate of drug-likeness (QED) is 0.386. The summed E-state index contributed by atoms with van der Waals surface area (Å²) in [6.07, 6.45) is 0. The first kappa shape index (κ1) is 21.1. The Morgan fingerprint density at radius 2 is 1.61 bits per heavy atom. The first-order valence-electron chi connectivity index (χ1n) is 10.7. The fraction of sp³-hybridized carbons (Fsp3) is 0.160. The van der Waals surface area contributed by atoms with Crippen LogP contribution in [0.4, 0.5) is 11.5 Å². The molecule has 0 saturated carbocycles. The summed E-state index contributed by atoms with van der Waals surface area (Å²) in [7, 11) is -3.91. The van der Waals surface area contributed by atoms with E-state index < -0.39 is 9.84 Å². The average molecular weight is 458 g/mol. The summed E-state index contributed by atoms with van der Waals surface area (Å²) in [6, 6.07) is 22.4. The lowest BCUT2D eigenvalue weighted by Gasteiger charge is -2.11. The van der Waals surface area contributed by atoms with Gasteiger partial charge in [-0.1, -0.05) is 61.0 Å². The van der Waals surface area contributed by atoms with E-state index in [1.54, 1.807) is 12.1 Å². The molecule has 2 aromatic heterocycles. The summed E-state index contributed by atoms with van der Waals surface area (Å²) in [5.41, 5.74) is 3.95. The van der Waals surface area contributed by atoms with E-state index in [0.29, 0.717) is 17.3 Å². The molecule has 0 spiro atoms. The van der Waals surface area contributed by atoms with E-state index in [1.165, 1.54) is 4.52 Å². The van der Waals surface area contributed by atoms with Crippen LogP contribution in [-0.4, -0.2) is 28.2 Å². The molecule has 8 heteroatoms. The molecule has 0 amide bonds. The van der Waals surface area contributed by atoms with Crippen molar-refractivity contribution in [2.24, 2.45) is 0 Å². The zero-order valence-electron chi connectivity index (χ0n) is 18.5. The van der Waals surface area contributed by atoms with Gasteiger partial charge in [-0.15, -0.1) is 5.10 Å². The van der Waals surface area contributed by atoms with Gasteiger partial charge in [0.05, 0.1) is 10.4 Å². The molecule has 0 saturated heterocycles. The lowest BCUT2D eigenvalue weighted by atomic mass is 10.0. The van der Waals surface area contributed by atoms with Crippen molar-refractivity contribution in [2.45, 2.75) is 36.6 Å². The largest absolute Gasteiger partial charge is 0.340 e. The van der Waals surface area contributed by atoms with Crippen LogP contribution in [0.5, 0.6) is 0 Å². The number of nitrogens with one attached hydrogen (secondary N) is 1. The molecule has 5 rings (SSSR count). The average Bonchev–Trinajstić information content (AvgIpc) is 3.26. The standard InChI is InChI=1S/C25H23N5O2S/c1-16(2)18-10-14-20(15-11-18)33(31,32)25-24-27-23(26-19-12-8-17(3)9-13-19)21-6-4-5-7-22(21)30(24)29-28-25/h4-16H,1-3H3,(H,26,27). The zero-order valence-corrected chi connectivity index (χ0v) is 19.3. The van der Waals surface area contributed by atoms with Crippen LogP contribution in [-0.2, 0) is 9.84 Å². The van der Waals surface area contributed by atoms with Gasteiger partial charge in [-0.05, 0) is 54.8 Å². The molecule has 0 unspecified atom stereocenters. The highest BCUT2D eigenvalue weighted by Gasteiger charge is 2.27. The molecule has 0 bridgehead atoms. The fourth-order valence-corrected chi connectivity index (χ4v) is 4.97. The van der Waals surface area contributed by atoms with Crippen molar-refractivity contribution < 1.29 is 8.42 Å². The van der Waals surface area contributed by atoms with Crippen molar-refractivity contribution in [1.29, 1.82) is 0 Å². The third kappa shape index (κ3) is 3.72. The Morgan fingerprint density at radius 3 is 2.30 bits per heavy atom. The van der Waals surface area contributed by atoms with Crippen LogP contribution < -0.4 is 5.32 Å². The van der Waals surface area contributed by atoms with Gasteiger partial charge in [-0.25, -0.2) is 13.4 Å². The first-order valence-corrected chi connectivity index (χ1v) is 12.2. The Kier molecular flexibility index (Phi) is 5.09. The van der Waals surface area contributed by atoms with Gasteiger partial charge in [0, 0.05) is 11.1 Å². The lowest BCUT2D eigenvalue weighted by molar-refractivity contribution is 0.592. The van der Waals surface area contributed by atoms with Crippen LogP contribution in [0.25, 0.3) is 16.6 Å². The second kappa shape index (κ2) is 7.97. The Hall–Kier alpha value is -3.78. The van der Waals surface area contributed by atoms with Crippen LogP contribution >= 0.6 is 0 Å². The number of aryl methyl sites for hydroxylation is 1. The van der Waals surface area contributed by atoms with Gasteiger partial charge in [-0.2, -0.15) is 4.52 Å². The number of nitrogens with zero attached hydrogens (tertiary/aromatic N) is 4. The van der Waals surface area contributed by atoms with Gasteiger partial charge in [0.25, 0.3) is 0 Å². The number of hydrogen-bond acceptors (Lipinski definition) is 6. The van der Waals surface area contributed by atoms with Crippen molar-refractivity contribution in [3.05, 3.63) is 83.9 Å². The van der Waals surface area contributed by atoms with Crippen molar-refractivity contribution >= 4 is 37.9 Å². The van der Waals surface area contributed by atoms with Crippen LogP contribution in [0.15, 0.2) is 82.7 Å². The van der Waals surface area contributed by atoms with Crippen LogP contribution in [0.3, 0.4) is 0 Å². The number of aromatic nitrogens is 4. The number of benzene rings is 3. The smallest absolute Gasteiger partial charge is 0.229 e. The molecular weight excluding hydrogens is 434 g/mol. The molecule has 1 N–H and O–H groups in total. The summed E-state index contributed by atoms with van der Waals surface area (Å²) < 4.78 is 28.4. The van der Waals surface area contributed by atoms with E-state index in [9.17, 15) is 8.42 Å². The lowest BCUT2D eigenvalue weighted by Crippen LogP contribution is -2.06. The molecule has 0 fully saturated rings. The minimum Gasteiger partial charge on any atom is -0.340 e. The number of anilines is 2. The minimum atomic E-state index is -3.91. The second-order valence-electron chi connectivity index (χ2n) is 8.33. The number of rotatable bonds is 5. The van der Waals surface area contributed by atoms with Gasteiger partial charge >= 0.3 is 0 Å². The monoisotopic (exact) mass is 457 g/mol. The zero-order chi connectivity index (χ0) is 23.2. The predicted octanol–water partition coefficient (Wildman–Crippen LogP) is 5.29. The third-order valence-corrected chi connectivity index (χ3v) is 7.31.